The van der Waals surface area contributed by atoms with E-state index in [1.807, 2.05) is 0 Å². The van der Waals surface area contributed by atoms with Gasteiger partial charge in [-0.25, -0.2) is 0 Å². The summed E-state index contributed by atoms with van der Waals surface area (Å²) < 4.78 is 3.57. The molecule has 1 heterocycles. The summed E-state index contributed by atoms with van der Waals surface area (Å²) >= 11 is 3.53. The van der Waals surface area contributed by atoms with Crippen molar-refractivity contribution in [2.45, 2.75) is 27.3 Å². The zero-order valence-electron chi connectivity index (χ0n) is 15.4. The van der Waals surface area contributed by atoms with E-state index < -0.39 is 0 Å². The molecule has 0 radical (unpaired) electrons. The maximum Gasteiger partial charge on any atom is 0.0524 e. The van der Waals surface area contributed by atoms with Crippen LogP contribution < -0.4 is 0 Å². The fourth-order valence-electron chi connectivity index (χ4n) is 3.66. The third-order valence-electron chi connectivity index (χ3n) is 5.05. The molecule has 0 spiro atoms. The fraction of sp³-hybridized carbons (Fsp3) is 0.167. The molecule has 0 N–H and O–H groups in total. The number of aryl methyl sites for hydroxylation is 3. The topological polar surface area (TPSA) is 4.93 Å². The van der Waals surface area contributed by atoms with Crippen LogP contribution in [-0.4, -0.2) is 4.57 Å². The molecule has 0 bridgehead atoms. The summed E-state index contributed by atoms with van der Waals surface area (Å²) in [5, 5.41) is 1.35. The molecule has 0 aliphatic heterocycles. The molecule has 0 saturated carbocycles. The summed E-state index contributed by atoms with van der Waals surface area (Å²) in [7, 11) is 0. The lowest BCUT2D eigenvalue weighted by molar-refractivity contribution is 0.842. The second-order valence-corrected chi connectivity index (χ2v) is 7.99. The lowest BCUT2D eigenvalue weighted by Gasteiger charge is -2.13. The quantitative estimate of drug-likeness (QED) is 0.345. The molecule has 4 aromatic rings. The van der Waals surface area contributed by atoms with Gasteiger partial charge in [-0.3, -0.25) is 0 Å². The van der Waals surface area contributed by atoms with Crippen molar-refractivity contribution in [2.75, 3.05) is 0 Å². The third kappa shape index (κ3) is 3.10. The lowest BCUT2D eigenvalue weighted by Crippen LogP contribution is -2.02. The number of nitrogens with zero attached hydrogens (tertiary/aromatic N) is 1. The summed E-state index contributed by atoms with van der Waals surface area (Å²) in [5.41, 5.74) is 9.14. The Labute approximate surface area is 163 Å². The molecule has 0 unspecified atom stereocenters. The Morgan fingerprint density at radius 3 is 2.12 bits per heavy atom. The monoisotopic (exact) mass is 403 g/mol. The Bertz CT molecular complexity index is 1070. The Balaban J connectivity index is 1.94. The van der Waals surface area contributed by atoms with Crippen molar-refractivity contribution in [3.63, 3.8) is 0 Å². The highest BCUT2D eigenvalue weighted by molar-refractivity contribution is 9.10. The van der Waals surface area contributed by atoms with E-state index >= 15 is 0 Å². The van der Waals surface area contributed by atoms with Crippen LogP contribution in [0.15, 0.2) is 71.2 Å². The van der Waals surface area contributed by atoms with E-state index in [0.29, 0.717) is 0 Å². The Morgan fingerprint density at radius 1 is 0.769 bits per heavy atom. The van der Waals surface area contributed by atoms with Crippen LogP contribution in [-0.2, 0) is 6.54 Å². The first-order valence-electron chi connectivity index (χ1n) is 8.94. The fourth-order valence-corrected chi connectivity index (χ4v) is 3.92. The second-order valence-electron chi connectivity index (χ2n) is 7.07. The van der Waals surface area contributed by atoms with Crippen LogP contribution >= 0.6 is 15.9 Å². The van der Waals surface area contributed by atoms with Crippen LogP contribution in [0.25, 0.3) is 22.2 Å². The van der Waals surface area contributed by atoms with E-state index in [4.69, 9.17) is 0 Å². The van der Waals surface area contributed by atoms with Crippen LogP contribution in [0, 0.1) is 20.8 Å². The van der Waals surface area contributed by atoms with E-state index in [1.165, 1.54) is 44.4 Å². The first kappa shape index (κ1) is 17.1. The van der Waals surface area contributed by atoms with Gasteiger partial charge in [-0.2, -0.15) is 0 Å². The van der Waals surface area contributed by atoms with Gasteiger partial charge in [-0.1, -0.05) is 69.5 Å². The number of benzene rings is 3. The standard InChI is InChI=1S/C24H22BrN/c1-16-4-9-20(10-5-16)24-18(3)22-14-17(2)6-13-23(22)26(24)15-19-7-11-21(25)12-8-19/h4-14H,15H2,1-3H3. The van der Waals surface area contributed by atoms with E-state index in [1.54, 1.807) is 0 Å². The van der Waals surface area contributed by atoms with Crippen LogP contribution in [0.5, 0.6) is 0 Å². The molecule has 1 aromatic heterocycles. The highest BCUT2D eigenvalue weighted by Gasteiger charge is 2.16. The SMILES string of the molecule is Cc1ccc(-c2c(C)c3cc(C)ccc3n2Cc2ccc(Br)cc2)cc1. The molecule has 0 saturated heterocycles. The maximum atomic E-state index is 3.53. The molecule has 1 nitrogen and oxygen atoms in total. The van der Waals surface area contributed by atoms with Gasteiger partial charge < -0.3 is 4.57 Å². The highest BCUT2D eigenvalue weighted by atomic mass is 79.9. The van der Waals surface area contributed by atoms with E-state index in [-0.39, 0.29) is 0 Å². The minimum atomic E-state index is 0.865. The molecule has 4 rings (SSSR count). The smallest absolute Gasteiger partial charge is 0.0524 e. The predicted octanol–water partition coefficient (Wildman–Crippen LogP) is 7.04. The summed E-state index contributed by atoms with van der Waals surface area (Å²) in [5.74, 6) is 0. The molecule has 130 valence electrons. The molecule has 26 heavy (non-hydrogen) atoms. The van der Waals surface area contributed by atoms with Crippen molar-refractivity contribution >= 4 is 26.8 Å². The predicted molar refractivity (Wildman–Crippen MR) is 115 cm³/mol. The van der Waals surface area contributed by atoms with Crippen molar-refractivity contribution < 1.29 is 0 Å². The summed E-state index contributed by atoms with van der Waals surface area (Å²) in [6, 6.07) is 24.3. The van der Waals surface area contributed by atoms with Gasteiger partial charge in [-0.05, 0) is 61.7 Å². The lowest BCUT2D eigenvalue weighted by atomic mass is 10.0. The number of hydrogen-bond acceptors (Lipinski definition) is 0. The molecule has 2 heteroatoms. The molecular weight excluding hydrogens is 382 g/mol. The van der Waals surface area contributed by atoms with Crippen LogP contribution in [0.1, 0.15) is 22.3 Å². The van der Waals surface area contributed by atoms with E-state index in [0.717, 1.165) is 11.0 Å². The third-order valence-corrected chi connectivity index (χ3v) is 5.58. The molecule has 0 fully saturated rings. The molecule has 0 amide bonds. The molecular formula is C24H22BrN. The van der Waals surface area contributed by atoms with Gasteiger partial charge in [0.15, 0.2) is 0 Å². The summed E-state index contributed by atoms with van der Waals surface area (Å²) in [6.45, 7) is 7.41. The van der Waals surface area contributed by atoms with Gasteiger partial charge in [0, 0.05) is 21.9 Å². The minimum Gasteiger partial charge on any atom is -0.336 e. The zero-order chi connectivity index (χ0) is 18.3. The molecule has 0 aliphatic carbocycles. The van der Waals surface area contributed by atoms with Gasteiger partial charge >= 0.3 is 0 Å². The Hall–Kier alpha value is -2.32. The minimum absolute atomic E-state index is 0.865. The molecule has 0 atom stereocenters. The van der Waals surface area contributed by atoms with E-state index in [2.05, 4.69) is 108 Å². The van der Waals surface area contributed by atoms with E-state index in [9.17, 15) is 0 Å². The number of fused-ring (bicyclic) bond motifs is 1. The second kappa shape index (κ2) is 6.77. The number of halogens is 1. The zero-order valence-corrected chi connectivity index (χ0v) is 17.0. The van der Waals surface area contributed by atoms with Gasteiger partial charge in [0.05, 0.1) is 5.69 Å². The van der Waals surface area contributed by atoms with Crippen molar-refractivity contribution in [3.8, 4) is 11.3 Å². The average Bonchev–Trinajstić information content (AvgIpc) is 2.89. The number of aromatic nitrogens is 1. The van der Waals surface area contributed by atoms with Gasteiger partial charge in [-0.15, -0.1) is 0 Å². The molecule has 0 aliphatic rings. The van der Waals surface area contributed by atoms with Gasteiger partial charge in [0.2, 0.25) is 0 Å². The van der Waals surface area contributed by atoms with Crippen molar-refractivity contribution in [1.29, 1.82) is 0 Å². The summed E-state index contributed by atoms with van der Waals surface area (Å²) in [4.78, 5) is 0. The van der Waals surface area contributed by atoms with Crippen LogP contribution in [0.3, 0.4) is 0 Å². The molecule has 3 aromatic carbocycles. The first-order chi connectivity index (χ1) is 12.5. The number of rotatable bonds is 3. The normalized spacial score (nSPS) is 11.2. The Morgan fingerprint density at radius 2 is 1.42 bits per heavy atom. The van der Waals surface area contributed by atoms with Crippen LogP contribution in [0.4, 0.5) is 0 Å². The largest absolute Gasteiger partial charge is 0.336 e. The van der Waals surface area contributed by atoms with Gasteiger partial charge in [0.25, 0.3) is 0 Å². The average molecular weight is 404 g/mol. The van der Waals surface area contributed by atoms with Crippen molar-refractivity contribution in [1.82, 2.24) is 4.57 Å². The first-order valence-corrected chi connectivity index (χ1v) is 9.73. The van der Waals surface area contributed by atoms with Crippen molar-refractivity contribution in [3.05, 3.63) is 93.5 Å². The highest BCUT2D eigenvalue weighted by Crippen LogP contribution is 2.34. The number of hydrogen-bond donors (Lipinski definition) is 0. The van der Waals surface area contributed by atoms with Crippen molar-refractivity contribution in [2.24, 2.45) is 0 Å². The maximum absolute atomic E-state index is 3.53. The van der Waals surface area contributed by atoms with Crippen LogP contribution in [0.2, 0.25) is 0 Å². The Kier molecular flexibility index (Phi) is 4.46. The summed E-state index contributed by atoms with van der Waals surface area (Å²) in [6.07, 6.45) is 0. The van der Waals surface area contributed by atoms with Gasteiger partial charge in [0.1, 0.15) is 0 Å².